The molecule has 0 spiro atoms. The number of urea groups is 1. The van der Waals surface area contributed by atoms with Crippen LogP contribution in [0.4, 0.5) is 4.79 Å². The van der Waals surface area contributed by atoms with E-state index in [1.807, 2.05) is 0 Å². The van der Waals surface area contributed by atoms with E-state index in [1.54, 1.807) is 0 Å². The van der Waals surface area contributed by atoms with Gasteiger partial charge in [-0.15, -0.1) is 0 Å². The van der Waals surface area contributed by atoms with E-state index >= 15 is 0 Å². The zero-order valence-corrected chi connectivity index (χ0v) is 9.04. The molecule has 2 aliphatic rings. The Bertz CT molecular complexity index is 229. The largest absolute Gasteiger partial charge is 0.393 e. The lowest BCUT2D eigenvalue weighted by Crippen LogP contribution is -2.46. The van der Waals surface area contributed by atoms with E-state index in [9.17, 15) is 9.90 Å². The Morgan fingerprint density at radius 2 is 1.93 bits per heavy atom. The highest BCUT2D eigenvalue weighted by molar-refractivity contribution is 5.74. The molecule has 0 aromatic carbocycles. The topological polar surface area (TPSA) is 61.4 Å². The van der Waals surface area contributed by atoms with Crippen molar-refractivity contribution in [1.82, 2.24) is 10.6 Å². The molecule has 86 valence electrons. The van der Waals surface area contributed by atoms with Crippen LogP contribution in [-0.2, 0) is 0 Å². The molecule has 0 aliphatic heterocycles. The highest BCUT2D eigenvalue weighted by Gasteiger charge is 2.26. The summed E-state index contributed by atoms with van der Waals surface area (Å²) in [7, 11) is 0. The Morgan fingerprint density at radius 3 is 2.47 bits per heavy atom. The molecular weight excluding hydrogens is 192 g/mol. The molecule has 2 unspecified atom stereocenters. The first-order valence-corrected chi connectivity index (χ1v) is 5.98. The highest BCUT2D eigenvalue weighted by Crippen LogP contribution is 2.24. The van der Waals surface area contributed by atoms with Crippen LogP contribution in [0.15, 0.2) is 0 Å². The Balaban J connectivity index is 1.61. The van der Waals surface area contributed by atoms with Crippen molar-refractivity contribution in [1.29, 1.82) is 0 Å². The van der Waals surface area contributed by atoms with Crippen LogP contribution in [0.25, 0.3) is 0 Å². The second kappa shape index (κ2) is 4.84. The maximum absolute atomic E-state index is 11.4. The minimum absolute atomic E-state index is 0.0706. The molecule has 2 saturated carbocycles. The molecule has 0 bridgehead atoms. The van der Waals surface area contributed by atoms with Gasteiger partial charge >= 0.3 is 6.03 Å². The first-order chi connectivity index (χ1) is 7.25. The van der Waals surface area contributed by atoms with E-state index < -0.39 is 0 Å². The zero-order chi connectivity index (χ0) is 10.7. The summed E-state index contributed by atoms with van der Waals surface area (Å²) >= 11 is 0. The van der Waals surface area contributed by atoms with Gasteiger partial charge in [-0.25, -0.2) is 4.79 Å². The summed E-state index contributed by atoms with van der Waals surface area (Å²) in [5.74, 6) is 0.261. The number of aliphatic hydroxyl groups is 1. The fourth-order valence-corrected chi connectivity index (χ4v) is 2.27. The maximum Gasteiger partial charge on any atom is 0.315 e. The van der Waals surface area contributed by atoms with Crippen LogP contribution in [-0.4, -0.2) is 29.8 Å². The SMILES string of the molecule is O=C(NCC1CCCC1O)NC1CCC1. The Hall–Kier alpha value is -0.770. The Labute approximate surface area is 90.4 Å². The molecule has 2 amide bonds. The summed E-state index contributed by atoms with van der Waals surface area (Å²) < 4.78 is 0. The normalized spacial score (nSPS) is 31.0. The molecular formula is C11H20N2O2. The third-order valence-corrected chi connectivity index (χ3v) is 3.58. The number of carbonyl (C=O) groups is 1. The van der Waals surface area contributed by atoms with Gasteiger partial charge in [0.05, 0.1) is 6.10 Å². The number of hydrogen-bond acceptors (Lipinski definition) is 2. The van der Waals surface area contributed by atoms with E-state index in [4.69, 9.17) is 0 Å². The first kappa shape index (κ1) is 10.7. The van der Waals surface area contributed by atoms with Gasteiger partial charge in [0.1, 0.15) is 0 Å². The molecule has 2 atom stereocenters. The van der Waals surface area contributed by atoms with Crippen LogP contribution >= 0.6 is 0 Å². The van der Waals surface area contributed by atoms with Crippen molar-refractivity contribution in [2.24, 2.45) is 5.92 Å². The van der Waals surface area contributed by atoms with Gasteiger partial charge in [0.15, 0.2) is 0 Å². The third kappa shape index (κ3) is 2.84. The van der Waals surface area contributed by atoms with E-state index in [2.05, 4.69) is 10.6 Å². The second-order valence-electron chi connectivity index (χ2n) is 4.74. The summed E-state index contributed by atoms with van der Waals surface area (Å²) in [5, 5.41) is 15.3. The van der Waals surface area contributed by atoms with Crippen molar-refractivity contribution in [3.8, 4) is 0 Å². The van der Waals surface area contributed by atoms with E-state index in [0.717, 1.165) is 32.1 Å². The molecule has 0 heterocycles. The molecule has 15 heavy (non-hydrogen) atoms. The lowest BCUT2D eigenvalue weighted by Gasteiger charge is -2.26. The fourth-order valence-electron chi connectivity index (χ4n) is 2.27. The summed E-state index contributed by atoms with van der Waals surface area (Å²) in [6.45, 7) is 0.611. The quantitative estimate of drug-likeness (QED) is 0.653. The highest BCUT2D eigenvalue weighted by atomic mass is 16.3. The average molecular weight is 212 g/mol. The van der Waals surface area contributed by atoms with Crippen LogP contribution in [0.1, 0.15) is 38.5 Å². The predicted octanol–water partition coefficient (Wildman–Crippen LogP) is 0.999. The second-order valence-corrected chi connectivity index (χ2v) is 4.74. The molecule has 3 N–H and O–H groups in total. The van der Waals surface area contributed by atoms with Crippen molar-refractivity contribution >= 4 is 6.03 Å². The molecule has 2 fully saturated rings. The van der Waals surface area contributed by atoms with Crippen molar-refractivity contribution in [3.63, 3.8) is 0 Å². The van der Waals surface area contributed by atoms with Gasteiger partial charge in [-0.2, -0.15) is 0 Å². The number of amides is 2. The number of hydrogen-bond donors (Lipinski definition) is 3. The minimum atomic E-state index is -0.214. The summed E-state index contributed by atoms with van der Waals surface area (Å²) in [6, 6.07) is 0.317. The van der Waals surface area contributed by atoms with Gasteiger partial charge in [0.25, 0.3) is 0 Å². The third-order valence-electron chi connectivity index (χ3n) is 3.58. The first-order valence-electron chi connectivity index (χ1n) is 5.98. The number of aliphatic hydroxyl groups excluding tert-OH is 1. The van der Waals surface area contributed by atoms with E-state index in [1.165, 1.54) is 6.42 Å². The predicted molar refractivity (Wildman–Crippen MR) is 57.5 cm³/mol. The van der Waals surface area contributed by atoms with Crippen molar-refractivity contribution in [3.05, 3.63) is 0 Å². The maximum atomic E-state index is 11.4. The monoisotopic (exact) mass is 212 g/mol. The minimum Gasteiger partial charge on any atom is -0.393 e. The van der Waals surface area contributed by atoms with Gasteiger partial charge in [0.2, 0.25) is 0 Å². The number of rotatable bonds is 3. The molecule has 4 heteroatoms. The molecule has 0 aromatic rings. The summed E-state index contributed by atoms with van der Waals surface area (Å²) in [4.78, 5) is 11.4. The molecule has 2 rings (SSSR count). The Kier molecular flexibility index (Phi) is 3.46. The van der Waals surface area contributed by atoms with Crippen molar-refractivity contribution < 1.29 is 9.90 Å². The van der Waals surface area contributed by atoms with Crippen LogP contribution in [0.5, 0.6) is 0 Å². The van der Waals surface area contributed by atoms with Gasteiger partial charge < -0.3 is 15.7 Å². The van der Waals surface area contributed by atoms with Crippen molar-refractivity contribution in [2.45, 2.75) is 50.7 Å². The summed E-state index contributed by atoms with van der Waals surface area (Å²) in [5.41, 5.74) is 0. The lowest BCUT2D eigenvalue weighted by molar-refractivity contribution is 0.132. The Morgan fingerprint density at radius 1 is 1.20 bits per heavy atom. The van der Waals surface area contributed by atoms with Crippen molar-refractivity contribution in [2.75, 3.05) is 6.54 Å². The van der Waals surface area contributed by atoms with Gasteiger partial charge in [-0.3, -0.25) is 0 Å². The lowest BCUT2D eigenvalue weighted by atomic mass is 9.93. The smallest absolute Gasteiger partial charge is 0.315 e. The average Bonchev–Trinajstić information content (AvgIpc) is 2.55. The van der Waals surface area contributed by atoms with Gasteiger partial charge in [-0.1, -0.05) is 6.42 Å². The zero-order valence-electron chi connectivity index (χ0n) is 9.04. The molecule has 2 aliphatic carbocycles. The van der Waals surface area contributed by atoms with Crippen LogP contribution in [0.2, 0.25) is 0 Å². The van der Waals surface area contributed by atoms with Gasteiger partial charge in [0, 0.05) is 18.5 Å². The van der Waals surface area contributed by atoms with Gasteiger partial charge in [-0.05, 0) is 32.1 Å². The summed E-state index contributed by atoms with van der Waals surface area (Å²) in [6.07, 6.45) is 6.23. The van der Waals surface area contributed by atoms with Crippen LogP contribution in [0, 0.1) is 5.92 Å². The fraction of sp³-hybridized carbons (Fsp3) is 0.909. The molecule has 0 radical (unpaired) electrons. The van der Waals surface area contributed by atoms with Crippen LogP contribution in [0.3, 0.4) is 0 Å². The molecule has 0 saturated heterocycles. The van der Waals surface area contributed by atoms with E-state index in [0.29, 0.717) is 12.6 Å². The van der Waals surface area contributed by atoms with Crippen LogP contribution < -0.4 is 10.6 Å². The molecule has 4 nitrogen and oxygen atoms in total. The standard InChI is InChI=1S/C11H20N2O2/c14-10-6-1-3-8(10)7-12-11(15)13-9-4-2-5-9/h8-10,14H,1-7H2,(H2,12,13,15). The van der Waals surface area contributed by atoms with E-state index in [-0.39, 0.29) is 18.1 Å². The number of nitrogens with one attached hydrogen (secondary N) is 2. The number of carbonyl (C=O) groups excluding carboxylic acids is 1. The molecule has 0 aromatic heterocycles.